The molecule has 1 aliphatic carbocycles. The van der Waals surface area contributed by atoms with E-state index < -0.39 is 0 Å². The molecule has 1 heterocycles. The van der Waals surface area contributed by atoms with Crippen LogP contribution in [0, 0.1) is 11.8 Å². The molecule has 19 heavy (non-hydrogen) atoms. The third-order valence-corrected chi connectivity index (χ3v) is 4.83. The molecule has 1 aliphatic heterocycles. The van der Waals surface area contributed by atoms with Crippen molar-refractivity contribution in [1.29, 1.82) is 0 Å². The predicted molar refractivity (Wildman–Crippen MR) is 78.2 cm³/mol. The highest BCUT2D eigenvalue weighted by molar-refractivity contribution is 5.29. The molecule has 1 saturated heterocycles. The molecular formula is C17H25NO. The second-order valence-corrected chi connectivity index (χ2v) is 6.33. The van der Waals surface area contributed by atoms with Crippen LogP contribution in [0.4, 0.5) is 0 Å². The topological polar surface area (TPSA) is 23.5 Å². The summed E-state index contributed by atoms with van der Waals surface area (Å²) in [7, 11) is 0. The maximum absolute atomic E-state index is 9.32. The van der Waals surface area contributed by atoms with Crippen molar-refractivity contribution >= 4 is 0 Å². The maximum Gasteiger partial charge on any atom is 0.0471 e. The van der Waals surface area contributed by atoms with E-state index in [9.17, 15) is 5.11 Å². The molecule has 3 rings (SSSR count). The third kappa shape index (κ3) is 3.18. The van der Waals surface area contributed by atoms with Crippen LogP contribution in [0.5, 0.6) is 0 Å². The van der Waals surface area contributed by atoms with Gasteiger partial charge in [-0.3, -0.25) is 0 Å². The van der Waals surface area contributed by atoms with E-state index in [1.165, 1.54) is 45.2 Å². The molecule has 0 bridgehead atoms. The van der Waals surface area contributed by atoms with E-state index in [4.69, 9.17) is 0 Å². The molecule has 104 valence electrons. The zero-order chi connectivity index (χ0) is 13.1. The Morgan fingerprint density at radius 3 is 2.79 bits per heavy atom. The van der Waals surface area contributed by atoms with Gasteiger partial charge in [0.05, 0.1) is 0 Å². The summed E-state index contributed by atoms with van der Waals surface area (Å²) >= 11 is 0. The normalized spacial score (nSPS) is 28.1. The highest BCUT2D eigenvalue weighted by atomic mass is 16.3. The number of aliphatic hydroxyl groups is 1. The van der Waals surface area contributed by atoms with Crippen molar-refractivity contribution in [3.8, 4) is 0 Å². The van der Waals surface area contributed by atoms with Crippen LogP contribution in [0.25, 0.3) is 0 Å². The molecule has 0 saturated carbocycles. The summed E-state index contributed by atoms with van der Waals surface area (Å²) in [5.41, 5.74) is 3.13. The minimum absolute atomic E-state index is 0.365. The van der Waals surface area contributed by atoms with E-state index in [2.05, 4.69) is 29.2 Å². The molecule has 1 fully saturated rings. The van der Waals surface area contributed by atoms with Gasteiger partial charge in [-0.25, -0.2) is 0 Å². The first-order valence-electron chi connectivity index (χ1n) is 7.75. The van der Waals surface area contributed by atoms with Crippen LogP contribution >= 0.6 is 0 Å². The molecule has 1 N–H and O–H groups in total. The quantitative estimate of drug-likeness (QED) is 0.901. The van der Waals surface area contributed by atoms with Gasteiger partial charge in [0.25, 0.3) is 0 Å². The zero-order valence-electron chi connectivity index (χ0n) is 11.7. The summed E-state index contributed by atoms with van der Waals surface area (Å²) in [6, 6.07) is 8.92. The van der Waals surface area contributed by atoms with Gasteiger partial charge in [0.1, 0.15) is 0 Å². The summed E-state index contributed by atoms with van der Waals surface area (Å²) in [6.07, 6.45) is 6.29. The predicted octanol–water partition coefficient (Wildman–Crippen LogP) is 2.50. The lowest BCUT2D eigenvalue weighted by atomic mass is 9.83. The van der Waals surface area contributed by atoms with Crippen LogP contribution in [0.2, 0.25) is 0 Å². The van der Waals surface area contributed by atoms with Crippen molar-refractivity contribution in [3.63, 3.8) is 0 Å². The van der Waals surface area contributed by atoms with Gasteiger partial charge in [0.15, 0.2) is 0 Å². The number of piperidine rings is 1. The Morgan fingerprint density at radius 1 is 1.11 bits per heavy atom. The molecule has 0 aromatic heterocycles. The number of aliphatic hydroxyl groups excluding tert-OH is 1. The molecule has 1 aromatic rings. The van der Waals surface area contributed by atoms with Gasteiger partial charge in [-0.2, -0.15) is 0 Å². The second-order valence-electron chi connectivity index (χ2n) is 6.33. The van der Waals surface area contributed by atoms with E-state index in [-0.39, 0.29) is 0 Å². The summed E-state index contributed by atoms with van der Waals surface area (Å²) in [5, 5.41) is 9.32. The first kappa shape index (κ1) is 13.1. The Labute approximate surface area is 116 Å². The molecule has 0 spiro atoms. The molecule has 2 aliphatic rings. The van der Waals surface area contributed by atoms with Gasteiger partial charge < -0.3 is 10.0 Å². The van der Waals surface area contributed by atoms with Crippen molar-refractivity contribution < 1.29 is 5.11 Å². The zero-order valence-corrected chi connectivity index (χ0v) is 11.7. The minimum Gasteiger partial charge on any atom is -0.396 e. The molecule has 2 unspecified atom stereocenters. The smallest absolute Gasteiger partial charge is 0.0471 e. The molecule has 2 heteroatoms. The van der Waals surface area contributed by atoms with Crippen molar-refractivity contribution in [2.75, 3.05) is 26.2 Å². The number of hydrogen-bond donors (Lipinski definition) is 1. The van der Waals surface area contributed by atoms with E-state index in [1.54, 1.807) is 11.1 Å². The van der Waals surface area contributed by atoms with Crippen molar-refractivity contribution in [1.82, 2.24) is 4.90 Å². The standard InChI is InChI=1S/C17H25NO/c19-13-15-4-3-9-18(12-15)11-14-7-8-16-5-1-2-6-17(16)10-14/h1-2,5-6,14-15,19H,3-4,7-13H2. The Morgan fingerprint density at radius 2 is 1.95 bits per heavy atom. The second kappa shape index (κ2) is 6.06. The minimum atomic E-state index is 0.365. The lowest BCUT2D eigenvalue weighted by molar-refractivity contribution is 0.105. The fourth-order valence-electron chi connectivity index (χ4n) is 3.76. The average molecular weight is 259 g/mol. The van der Waals surface area contributed by atoms with Crippen LogP contribution in [0.1, 0.15) is 30.4 Å². The van der Waals surface area contributed by atoms with Crippen LogP contribution in [0.15, 0.2) is 24.3 Å². The van der Waals surface area contributed by atoms with Gasteiger partial charge >= 0.3 is 0 Å². The number of rotatable bonds is 3. The molecule has 0 amide bonds. The van der Waals surface area contributed by atoms with E-state index in [1.807, 2.05) is 0 Å². The third-order valence-electron chi connectivity index (χ3n) is 4.83. The van der Waals surface area contributed by atoms with Crippen molar-refractivity contribution in [3.05, 3.63) is 35.4 Å². The number of likely N-dealkylation sites (tertiary alicyclic amines) is 1. The number of nitrogens with zero attached hydrogens (tertiary/aromatic N) is 1. The van der Waals surface area contributed by atoms with E-state index in [0.29, 0.717) is 12.5 Å². The summed E-state index contributed by atoms with van der Waals surface area (Å²) in [4.78, 5) is 2.59. The number of benzene rings is 1. The summed E-state index contributed by atoms with van der Waals surface area (Å²) < 4.78 is 0. The van der Waals surface area contributed by atoms with Gasteiger partial charge in [-0.05, 0) is 61.6 Å². The van der Waals surface area contributed by atoms with Crippen LogP contribution in [-0.2, 0) is 12.8 Å². The summed E-state index contributed by atoms with van der Waals surface area (Å²) in [6.45, 7) is 3.93. The highest BCUT2D eigenvalue weighted by Crippen LogP contribution is 2.27. The van der Waals surface area contributed by atoms with Crippen LogP contribution in [0.3, 0.4) is 0 Å². The molecule has 2 nitrogen and oxygen atoms in total. The SMILES string of the molecule is OCC1CCCN(CC2CCc3ccccc3C2)C1. The Bertz CT molecular complexity index is 417. The molecule has 1 aromatic carbocycles. The Balaban J connectivity index is 1.57. The van der Waals surface area contributed by atoms with Crippen molar-refractivity contribution in [2.24, 2.45) is 11.8 Å². The summed E-state index contributed by atoms with van der Waals surface area (Å²) in [5.74, 6) is 1.33. The van der Waals surface area contributed by atoms with E-state index in [0.717, 1.165) is 12.5 Å². The van der Waals surface area contributed by atoms with Gasteiger partial charge in [0.2, 0.25) is 0 Å². The first-order valence-corrected chi connectivity index (χ1v) is 7.75. The highest BCUT2D eigenvalue weighted by Gasteiger charge is 2.24. The number of hydrogen-bond acceptors (Lipinski definition) is 2. The largest absolute Gasteiger partial charge is 0.396 e. The van der Waals surface area contributed by atoms with Gasteiger partial charge in [0, 0.05) is 19.7 Å². The molecular weight excluding hydrogens is 234 g/mol. The van der Waals surface area contributed by atoms with Gasteiger partial charge in [-0.15, -0.1) is 0 Å². The Kier molecular flexibility index (Phi) is 4.19. The van der Waals surface area contributed by atoms with Gasteiger partial charge in [-0.1, -0.05) is 24.3 Å². The molecule has 0 radical (unpaired) electrons. The number of fused-ring (bicyclic) bond motifs is 1. The van der Waals surface area contributed by atoms with Crippen LogP contribution < -0.4 is 0 Å². The monoisotopic (exact) mass is 259 g/mol. The lowest BCUT2D eigenvalue weighted by Gasteiger charge is -2.35. The Hall–Kier alpha value is -0.860. The van der Waals surface area contributed by atoms with Crippen LogP contribution in [-0.4, -0.2) is 36.2 Å². The number of aryl methyl sites for hydroxylation is 1. The first-order chi connectivity index (χ1) is 9.35. The maximum atomic E-state index is 9.32. The lowest BCUT2D eigenvalue weighted by Crippen LogP contribution is -2.40. The van der Waals surface area contributed by atoms with Crippen molar-refractivity contribution in [2.45, 2.75) is 32.1 Å². The van der Waals surface area contributed by atoms with E-state index >= 15 is 0 Å². The fraction of sp³-hybridized carbons (Fsp3) is 0.647. The molecule has 2 atom stereocenters. The average Bonchev–Trinajstić information content (AvgIpc) is 2.47. The fourth-order valence-corrected chi connectivity index (χ4v) is 3.76.